The van der Waals surface area contributed by atoms with E-state index in [1.807, 2.05) is 0 Å². The molecular weight excluding hydrogens is 282 g/mol. The number of nitrogens with zero attached hydrogens (tertiary/aromatic N) is 2. The Morgan fingerprint density at radius 1 is 1.55 bits per heavy atom. The maximum atomic E-state index is 11.6. The van der Waals surface area contributed by atoms with Gasteiger partial charge in [0.2, 0.25) is 0 Å². The predicted octanol–water partition coefficient (Wildman–Crippen LogP) is 2.38. The molecule has 0 aliphatic heterocycles. The highest BCUT2D eigenvalue weighted by atomic mass is 32.1. The van der Waals surface area contributed by atoms with Gasteiger partial charge >= 0.3 is 5.69 Å². The van der Waals surface area contributed by atoms with Gasteiger partial charge in [-0.25, -0.2) is 4.98 Å². The maximum Gasteiger partial charge on any atom is 0.311 e. The zero-order chi connectivity index (χ0) is 14.5. The molecule has 0 bridgehead atoms. The van der Waals surface area contributed by atoms with Crippen LogP contribution in [0.1, 0.15) is 5.56 Å². The number of hydrogen-bond donors (Lipinski definition) is 1. The van der Waals surface area contributed by atoms with Gasteiger partial charge in [-0.1, -0.05) is 6.07 Å². The lowest BCUT2D eigenvalue weighted by molar-refractivity contribution is -0.385. The van der Waals surface area contributed by atoms with Crippen molar-refractivity contribution in [3.05, 3.63) is 45.5 Å². The Hall–Kier alpha value is -2.48. The van der Waals surface area contributed by atoms with Gasteiger partial charge in [-0.3, -0.25) is 20.2 Å². The van der Waals surface area contributed by atoms with Gasteiger partial charge in [-0.2, -0.15) is 0 Å². The van der Waals surface area contributed by atoms with Crippen molar-refractivity contribution in [1.29, 1.82) is 0 Å². The van der Waals surface area contributed by atoms with Crippen LogP contribution >= 0.6 is 11.3 Å². The first-order valence-electron chi connectivity index (χ1n) is 5.63. The molecule has 1 aromatic heterocycles. The highest BCUT2D eigenvalue weighted by molar-refractivity contribution is 7.13. The van der Waals surface area contributed by atoms with Gasteiger partial charge in [-0.05, 0) is 18.6 Å². The average molecular weight is 293 g/mol. The maximum absolute atomic E-state index is 11.6. The molecule has 1 aromatic carbocycles. The molecular formula is C12H11N3O4S. The van der Waals surface area contributed by atoms with Crippen molar-refractivity contribution in [2.45, 2.75) is 6.92 Å². The quantitative estimate of drug-likeness (QED) is 0.674. The van der Waals surface area contributed by atoms with Gasteiger partial charge in [0, 0.05) is 17.6 Å². The molecule has 0 saturated heterocycles. The fourth-order valence-corrected chi connectivity index (χ4v) is 2.02. The van der Waals surface area contributed by atoms with Crippen LogP contribution in [0.3, 0.4) is 0 Å². The molecule has 1 amide bonds. The van der Waals surface area contributed by atoms with Crippen LogP contribution in [0.4, 0.5) is 10.8 Å². The van der Waals surface area contributed by atoms with Crippen molar-refractivity contribution in [2.24, 2.45) is 0 Å². The molecule has 0 saturated carbocycles. The number of amides is 1. The van der Waals surface area contributed by atoms with E-state index in [0.29, 0.717) is 5.13 Å². The number of carbonyl (C=O) groups excluding carboxylic acids is 1. The molecule has 1 heterocycles. The Morgan fingerprint density at radius 3 is 3.00 bits per heavy atom. The van der Waals surface area contributed by atoms with Gasteiger partial charge in [0.15, 0.2) is 17.5 Å². The van der Waals surface area contributed by atoms with E-state index in [1.54, 1.807) is 24.6 Å². The van der Waals surface area contributed by atoms with E-state index in [-0.39, 0.29) is 18.0 Å². The smallest absolute Gasteiger partial charge is 0.311 e. The Labute approximate surface area is 118 Å². The minimum absolute atomic E-state index is 0.0647. The van der Waals surface area contributed by atoms with E-state index in [2.05, 4.69) is 10.3 Å². The Morgan fingerprint density at radius 2 is 2.35 bits per heavy atom. The first-order valence-corrected chi connectivity index (χ1v) is 6.51. The zero-order valence-corrected chi connectivity index (χ0v) is 11.3. The summed E-state index contributed by atoms with van der Waals surface area (Å²) in [6, 6.07) is 4.55. The van der Waals surface area contributed by atoms with Crippen LogP contribution in [0.2, 0.25) is 0 Å². The largest absolute Gasteiger partial charge is 0.477 e. The number of benzene rings is 1. The highest BCUT2D eigenvalue weighted by Crippen LogP contribution is 2.27. The SMILES string of the molecule is Cc1ccc(OCC(=O)Nc2nccs2)c([N+](=O)[O-])c1. The summed E-state index contributed by atoms with van der Waals surface area (Å²) in [6.45, 7) is 1.43. The molecule has 0 spiro atoms. The van der Waals surface area contributed by atoms with E-state index in [4.69, 9.17) is 4.74 Å². The summed E-state index contributed by atoms with van der Waals surface area (Å²) in [7, 11) is 0. The van der Waals surface area contributed by atoms with Gasteiger partial charge in [0.05, 0.1) is 4.92 Å². The van der Waals surface area contributed by atoms with Crippen LogP contribution in [0.25, 0.3) is 0 Å². The fourth-order valence-electron chi connectivity index (χ4n) is 1.48. The number of rotatable bonds is 5. The summed E-state index contributed by atoms with van der Waals surface area (Å²) < 4.78 is 5.19. The fraction of sp³-hybridized carbons (Fsp3) is 0.167. The van der Waals surface area contributed by atoms with Crippen LogP contribution in [0.5, 0.6) is 5.75 Å². The van der Waals surface area contributed by atoms with Crippen LogP contribution in [0, 0.1) is 17.0 Å². The number of nitro benzene ring substituents is 1. The minimum atomic E-state index is -0.541. The molecule has 104 valence electrons. The number of aryl methyl sites for hydroxylation is 1. The highest BCUT2D eigenvalue weighted by Gasteiger charge is 2.16. The Bertz CT molecular complexity index is 628. The topological polar surface area (TPSA) is 94.4 Å². The molecule has 7 nitrogen and oxygen atoms in total. The normalized spacial score (nSPS) is 10.1. The van der Waals surface area contributed by atoms with Gasteiger partial charge in [0.1, 0.15) is 0 Å². The molecule has 20 heavy (non-hydrogen) atoms. The van der Waals surface area contributed by atoms with Crippen molar-refractivity contribution in [3.8, 4) is 5.75 Å². The van der Waals surface area contributed by atoms with Crippen molar-refractivity contribution >= 4 is 28.1 Å². The summed E-state index contributed by atoms with van der Waals surface area (Å²) in [6.07, 6.45) is 1.56. The lowest BCUT2D eigenvalue weighted by atomic mass is 10.2. The van der Waals surface area contributed by atoms with E-state index < -0.39 is 10.8 Å². The van der Waals surface area contributed by atoms with Crippen LogP contribution < -0.4 is 10.1 Å². The third-order valence-corrected chi connectivity index (χ3v) is 3.04. The molecule has 0 aliphatic rings. The third-order valence-electron chi connectivity index (χ3n) is 2.35. The van der Waals surface area contributed by atoms with Crippen molar-refractivity contribution < 1.29 is 14.5 Å². The molecule has 0 radical (unpaired) electrons. The van der Waals surface area contributed by atoms with E-state index in [1.165, 1.54) is 23.5 Å². The molecule has 8 heteroatoms. The first kappa shape index (κ1) is 13.9. The molecule has 0 fully saturated rings. The number of anilines is 1. The predicted molar refractivity (Wildman–Crippen MR) is 74.1 cm³/mol. The summed E-state index contributed by atoms with van der Waals surface area (Å²) in [4.78, 5) is 25.8. The summed E-state index contributed by atoms with van der Waals surface area (Å²) in [5.74, 6) is -0.357. The van der Waals surface area contributed by atoms with E-state index >= 15 is 0 Å². The molecule has 0 aliphatic carbocycles. The van der Waals surface area contributed by atoms with Crippen LogP contribution in [0.15, 0.2) is 29.8 Å². The summed E-state index contributed by atoms with van der Waals surface area (Å²) in [5.41, 5.74) is 0.586. The molecule has 0 atom stereocenters. The van der Waals surface area contributed by atoms with Crippen molar-refractivity contribution in [1.82, 2.24) is 4.98 Å². The number of nitro groups is 1. The lowest BCUT2D eigenvalue weighted by Crippen LogP contribution is -2.20. The number of hydrogen-bond acceptors (Lipinski definition) is 6. The number of thiazole rings is 1. The van der Waals surface area contributed by atoms with Gasteiger partial charge in [0.25, 0.3) is 5.91 Å². The van der Waals surface area contributed by atoms with Gasteiger partial charge in [-0.15, -0.1) is 11.3 Å². The molecule has 2 rings (SSSR count). The molecule has 0 unspecified atom stereocenters. The second kappa shape index (κ2) is 6.11. The minimum Gasteiger partial charge on any atom is -0.477 e. The number of nitrogens with one attached hydrogen (secondary N) is 1. The Kier molecular flexibility index (Phi) is 4.26. The summed E-state index contributed by atoms with van der Waals surface area (Å²) >= 11 is 1.28. The second-order valence-electron chi connectivity index (χ2n) is 3.90. The van der Waals surface area contributed by atoms with Crippen molar-refractivity contribution in [3.63, 3.8) is 0 Å². The number of carbonyl (C=O) groups is 1. The Balaban J connectivity index is 2.00. The molecule has 1 N–H and O–H groups in total. The monoisotopic (exact) mass is 293 g/mol. The zero-order valence-electron chi connectivity index (χ0n) is 10.5. The standard InChI is InChI=1S/C12H11N3O4S/c1-8-2-3-10(9(6-8)15(17)18)19-7-11(16)14-12-13-4-5-20-12/h2-6H,7H2,1H3,(H,13,14,16). The van der Waals surface area contributed by atoms with Crippen molar-refractivity contribution in [2.75, 3.05) is 11.9 Å². The average Bonchev–Trinajstić information content (AvgIpc) is 2.90. The van der Waals surface area contributed by atoms with Gasteiger partial charge < -0.3 is 4.74 Å². The lowest BCUT2D eigenvalue weighted by Gasteiger charge is -2.06. The van der Waals surface area contributed by atoms with E-state index in [9.17, 15) is 14.9 Å². The number of ether oxygens (including phenoxy) is 1. The second-order valence-corrected chi connectivity index (χ2v) is 4.80. The van der Waals surface area contributed by atoms with E-state index in [0.717, 1.165) is 5.56 Å². The number of aromatic nitrogens is 1. The molecule has 2 aromatic rings. The third kappa shape index (κ3) is 3.51. The summed E-state index contributed by atoms with van der Waals surface area (Å²) in [5, 5.41) is 15.6. The van der Waals surface area contributed by atoms with Crippen LogP contribution in [-0.2, 0) is 4.79 Å². The van der Waals surface area contributed by atoms with Crippen LogP contribution in [-0.4, -0.2) is 22.4 Å². The first-order chi connectivity index (χ1) is 9.56.